The van der Waals surface area contributed by atoms with E-state index in [9.17, 15) is 14.7 Å². The molecule has 10 unspecified atom stereocenters. The lowest BCUT2D eigenvalue weighted by Gasteiger charge is -2.71. The molecule has 0 aromatic heterocycles. The fourth-order valence-electron chi connectivity index (χ4n) is 11.1. The summed E-state index contributed by atoms with van der Waals surface area (Å²) in [5.74, 6) is 1.70. The highest BCUT2D eigenvalue weighted by Crippen LogP contribution is 2.75. The maximum atomic E-state index is 12.8. The quantitative estimate of drug-likeness (QED) is 0.338. The van der Waals surface area contributed by atoms with Crippen LogP contribution in [-0.2, 0) is 14.3 Å². The molecule has 4 nitrogen and oxygen atoms in total. The van der Waals surface area contributed by atoms with E-state index >= 15 is 0 Å². The molecule has 0 aliphatic heterocycles. The Balaban J connectivity index is 1.58. The molecule has 5 aliphatic rings. The van der Waals surface area contributed by atoms with Gasteiger partial charge in [-0.3, -0.25) is 9.59 Å². The van der Waals surface area contributed by atoms with Gasteiger partial charge in [0.15, 0.2) is 0 Å². The molecule has 0 aromatic rings. The number of ether oxygens (including phenoxy) is 1. The number of carbonyl (C=O) groups excluding carboxylic acids is 1. The maximum Gasteiger partial charge on any atom is 0.310 e. The van der Waals surface area contributed by atoms with Crippen molar-refractivity contribution < 1.29 is 19.4 Å². The van der Waals surface area contributed by atoms with Gasteiger partial charge in [-0.15, -0.1) is 0 Å². The number of aliphatic carboxylic acids is 1. The second-order valence-electron chi connectivity index (χ2n) is 14.7. The molecule has 4 heteroatoms. The van der Waals surface area contributed by atoms with E-state index in [4.69, 9.17) is 4.74 Å². The number of rotatable bonds is 3. The van der Waals surface area contributed by atoms with Gasteiger partial charge in [0, 0.05) is 5.41 Å². The van der Waals surface area contributed by atoms with Crippen molar-refractivity contribution in [1.82, 2.24) is 0 Å². The van der Waals surface area contributed by atoms with Crippen molar-refractivity contribution in [2.24, 2.45) is 56.7 Å². The van der Waals surface area contributed by atoms with Crippen LogP contribution in [0.15, 0.2) is 11.6 Å². The van der Waals surface area contributed by atoms with E-state index in [1.807, 2.05) is 0 Å². The minimum atomic E-state index is -0.576. The molecule has 0 spiro atoms. The fraction of sp³-hybridized carbons (Fsp3) is 0.871. The average molecular weight is 485 g/mol. The fourth-order valence-corrected chi connectivity index (χ4v) is 11.1. The first kappa shape index (κ1) is 25.3. The number of hydrogen-bond acceptors (Lipinski definition) is 3. The standard InChI is InChI=1S/C31H48O4/c1-19-10-15-31(26(33)34)17-16-29(6)21(25(31)20(19)2)8-9-23-28(5)13-12-24(35-18-32)27(3,4)22(28)11-14-30(23,29)7/h8,18-20,22-25H,9-17H2,1-7H3,(H,33,34). The van der Waals surface area contributed by atoms with Crippen molar-refractivity contribution in [2.75, 3.05) is 0 Å². The highest BCUT2D eigenvalue weighted by atomic mass is 16.5. The van der Waals surface area contributed by atoms with Crippen molar-refractivity contribution in [3.05, 3.63) is 11.6 Å². The summed E-state index contributed by atoms with van der Waals surface area (Å²) in [6, 6.07) is 0. The zero-order chi connectivity index (χ0) is 25.6. The number of carbonyl (C=O) groups is 2. The summed E-state index contributed by atoms with van der Waals surface area (Å²) in [6.45, 7) is 17.6. The van der Waals surface area contributed by atoms with Gasteiger partial charge in [-0.2, -0.15) is 0 Å². The molecule has 35 heavy (non-hydrogen) atoms. The molecule has 0 radical (unpaired) electrons. The molecule has 10 atom stereocenters. The summed E-state index contributed by atoms with van der Waals surface area (Å²) in [5.41, 5.74) is 1.33. The molecule has 5 rings (SSSR count). The Morgan fingerprint density at radius 2 is 1.69 bits per heavy atom. The van der Waals surface area contributed by atoms with Crippen molar-refractivity contribution >= 4 is 12.4 Å². The van der Waals surface area contributed by atoms with Crippen LogP contribution in [0.1, 0.15) is 106 Å². The summed E-state index contributed by atoms with van der Waals surface area (Å²) in [4.78, 5) is 24.1. The molecule has 196 valence electrons. The number of allylic oxidation sites excluding steroid dienone is 2. The topological polar surface area (TPSA) is 63.6 Å². The summed E-state index contributed by atoms with van der Waals surface area (Å²) in [7, 11) is 0. The monoisotopic (exact) mass is 484 g/mol. The van der Waals surface area contributed by atoms with Gasteiger partial charge in [-0.05, 0) is 104 Å². The SMILES string of the molecule is CC1CCC2(C(=O)O)CCC3(C)C(=CCC4C5(C)CCC(OC=O)C(C)(C)C5CCC43C)C2C1C. The van der Waals surface area contributed by atoms with Crippen LogP contribution in [0, 0.1) is 56.7 Å². The van der Waals surface area contributed by atoms with Crippen LogP contribution >= 0.6 is 0 Å². The summed E-state index contributed by atoms with van der Waals surface area (Å²) >= 11 is 0. The van der Waals surface area contributed by atoms with E-state index in [1.54, 1.807) is 0 Å². The van der Waals surface area contributed by atoms with Crippen molar-refractivity contribution in [3.8, 4) is 0 Å². The predicted octanol–water partition coefficient (Wildman–Crippen LogP) is 7.27. The lowest BCUT2D eigenvalue weighted by Crippen LogP contribution is -2.65. The van der Waals surface area contributed by atoms with Crippen LogP contribution in [0.3, 0.4) is 0 Å². The molecular weight excluding hydrogens is 436 g/mol. The van der Waals surface area contributed by atoms with Gasteiger partial charge in [-0.1, -0.05) is 60.1 Å². The van der Waals surface area contributed by atoms with Crippen LogP contribution in [0.2, 0.25) is 0 Å². The van der Waals surface area contributed by atoms with E-state index in [0.717, 1.165) is 44.9 Å². The zero-order valence-electron chi connectivity index (χ0n) is 23.2. The van der Waals surface area contributed by atoms with Crippen LogP contribution in [0.5, 0.6) is 0 Å². The van der Waals surface area contributed by atoms with E-state index in [0.29, 0.717) is 30.1 Å². The Kier molecular flexibility index (Phi) is 5.67. The number of carboxylic acids is 1. The highest BCUT2D eigenvalue weighted by molar-refractivity contribution is 5.76. The Morgan fingerprint density at radius 1 is 0.971 bits per heavy atom. The molecule has 0 aromatic carbocycles. The van der Waals surface area contributed by atoms with Gasteiger partial charge in [-0.25, -0.2) is 0 Å². The van der Waals surface area contributed by atoms with Gasteiger partial charge in [0.2, 0.25) is 0 Å². The maximum absolute atomic E-state index is 12.8. The molecule has 4 saturated carbocycles. The van der Waals surface area contributed by atoms with Crippen molar-refractivity contribution in [2.45, 2.75) is 112 Å². The van der Waals surface area contributed by atoms with E-state index in [1.165, 1.54) is 18.4 Å². The molecule has 0 saturated heterocycles. The number of carboxylic acid groups (broad SMARTS) is 1. The van der Waals surface area contributed by atoms with E-state index < -0.39 is 11.4 Å². The summed E-state index contributed by atoms with van der Waals surface area (Å²) < 4.78 is 5.63. The third-order valence-electron chi connectivity index (χ3n) is 13.6. The Hall–Kier alpha value is -1.32. The largest absolute Gasteiger partial charge is 0.481 e. The van der Waals surface area contributed by atoms with Crippen LogP contribution < -0.4 is 0 Å². The molecule has 0 bridgehead atoms. The van der Waals surface area contributed by atoms with E-state index in [-0.39, 0.29) is 33.7 Å². The molecule has 0 heterocycles. The first-order valence-electron chi connectivity index (χ1n) is 14.3. The molecule has 1 N–H and O–H groups in total. The Morgan fingerprint density at radius 3 is 2.34 bits per heavy atom. The Bertz CT molecular complexity index is 936. The zero-order valence-corrected chi connectivity index (χ0v) is 23.2. The van der Waals surface area contributed by atoms with Crippen LogP contribution in [0.25, 0.3) is 0 Å². The smallest absolute Gasteiger partial charge is 0.310 e. The van der Waals surface area contributed by atoms with Gasteiger partial charge in [0.05, 0.1) is 5.41 Å². The summed E-state index contributed by atoms with van der Waals surface area (Å²) in [6.07, 6.45) is 11.7. The van der Waals surface area contributed by atoms with Gasteiger partial charge in [0.25, 0.3) is 6.47 Å². The van der Waals surface area contributed by atoms with E-state index in [2.05, 4.69) is 54.5 Å². The lowest BCUT2D eigenvalue weighted by atomic mass is 9.33. The first-order valence-corrected chi connectivity index (χ1v) is 14.3. The van der Waals surface area contributed by atoms with Crippen molar-refractivity contribution in [3.63, 3.8) is 0 Å². The first-order chi connectivity index (χ1) is 16.3. The van der Waals surface area contributed by atoms with Gasteiger partial charge in [0.1, 0.15) is 6.10 Å². The van der Waals surface area contributed by atoms with Crippen LogP contribution in [0.4, 0.5) is 0 Å². The lowest BCUT2D eigenvalue weighted by molar-refractivity contribution is -0.211. The van der Waals surface area contributed by atoms with Crippen molar-refractivity contribution in [1.29, 1.82) is 0 Å². The minimum absolute atomic E-state index is 0.00292. The Labute approximate surface area is 212 Å². The third kappa shape index (κ3) is 3.03. The number of fused-ring (bicyclic) bond motifs is 7. The summed E-state index contributed by atoms with van der Waals surface area (Å²) in [5, 5.41) is 10.6. The van der Waals surface area contributed by atoms with Gasteiger partial charge >= 0.3 is 5.97 Å². The molecule has 4 fully saturated rings. The average Bonchev–Trinajstić information content (AvgIpc) is 2.78. The second-order valence-corrected chi connectivity index (χ2v) is 14.7. The normalized spacial score (nSPS) is 52.6. The van der Waals surface area contributed by atoms with Gasteiger partial charge < -0.3 is 9.84 Å². The number of hydrogen-bond donors (Lipinski definition) is 1. The molecule has 0 amide bonds. The highest BCUT2D eigenvalue weighted by Gasteiger charge is 2.69. The minimum Gasteiger partial charge on any atom is -0.481 e. The van der Waals surface area contributed by atoms with Crippen LogP contribution in [-0.4, -0.2) is 23.7 Å². The second kappa shape index (κ2) is 7.84. The third-order valence-corrected chi connectivity index (χ3v) is 13.6. The molecular formula is C31H48O4. The predicted molar refractivity (Wildman–Crippen MR) is 138 cm³/mol. The molecule has 5 aliphatic carbocycles.